The van der Waals surface area contributed by atoms with Crippen LogP contribution in [0.5, 0.6) is 0 Å². The lowest BCUT2D eigenvalue weighted by Gasteiger charge is -2.02. The van der Waals surface area contributed by atoms with Crippen LogP contribution >= 0.6 is 11.3 Å². The number of thiophene rings is 1. The number of benzene rings is 1. The third-order valence-electron chi connectivity index (χ3n) is 2.18. The molecular formula is C12H7FO2S. The first-order valence-corrected chi connectivity index (χ1v) is 5.37. The van der Waals surface area contributed by atoms with Gasteiger partial charge in [0.2, 0.25) is 0 Å². The summed E-state index contributed by atoms with van der Waals surface area (Å²) in [5, 5.41) is 0. The highest BCUT2D eigenvalue weighted by molar-refractivity contribution is 7.17. The monoisotopic (exact) mass is 234 g/mol. The molecule has 0 aliphatic heterocycles. The average Bonchev–Trinajstić information content (AvgIpc) is 2.77. The van der Waals surface area contributed by atoms with E-state index in [1.54, 1.807) is 18.2 Å². The largest absolute Gasteiger partial charge is 0.298 e. The lowest BCUT2D eigenvalue weighted by Crippen LogP contribution is -1.90. The van der Waals surface area contributed by atoms with E-state index in [2.05, 4.69) is 0 Å². The Morgan fingerprint density at radius 1 is 1.06 bits per heavy atom. The Labute approximate surface area is 95.3 Å². The molecule has 0 saturated heterocycles. The lowest BCUT2D eigenvalue weighted by molar-refractivity contribution is 0.111. The van der Waals surface area contributed by atoms with Gasteiger partial charge in [-0.25, -0.2) is 4.39 Å². The number of aldehydes is 2. The second-order valence-corrected chi connectivity index (χ2v) is 4.25. The minimum Gasteiger partial charge on any atom is -0.298 e. The predicted octanol–water partition coefficient (Wildman–Crippen LogP) is 3.18. The Morgan fingerprint density at radius 2 is 1.88 bits per heavy atom. The zero-order valence-electron chi connectivity index (χ0n) is 8.14. The van der Waals surface area contributed by atoms with Crippen LogP contribution in [0.4, 0.5) is 4.39 Å². The van der Waals surface area contributed by atoms with Gasteiger partial charge >= 0.3 is 0 Å². The quantitative estimate of drug-likeness (QED) is 0.764. The molecule has 0 N–H and O–H groups in total. The lowest BCUT2D eigenvalue weighted by atomic mass is 10.1. The van der Waals surface area contributed by atoms with Crippen LogP contribution in [-0.4, -0.2) is 12.6 Å². The summed E-state index contributed by atoms with van der Waals surface area (Å²) in [4.78, 5) is 22.6. The average molecular weight is 234 g/mol. The van der Waals surface area contributed by atoms with Crippen molar-refractivity contribution in [2.45, 2.75) is 0 Å². The van der Waals surface area contributed by atoms with Gasteiger partial charge in [-0.2, -0.15) is 0 Å². The van der Waals surface area contributed by atoms with Gasteiger partial charge in [-0.1, -0.05) is 12.1 Å². The molecule has 16 heavy (non-hydrogen) atoms. The summed E-state index contributed by atoms with van der Waals surface area (Å²) in [7, 11) is 0. The number of hydrogen-bond donors (Lipinski definition) is 0. The fourth-order valence-electron chi connectivity index (χ4n) is 1.43. The van der Waals surface area contributed by atoms with Gasteiger partial charge in [0.25, 0.3) is 0 Å². The summed E-state index contributed by atoms with van der Waals surface area (Å²) in [6, 6.07) is 7.79. The molecule has 2 nitrogen and oxygen atoms in total. The summed E-state index contributed by atoms with van der Waals surface area (Å²) < 4.78 is 13.3. The molecule has 0 atom stereocenters. The fourth-order valence-corrected chi connectivity index (χ4v) is 2.29. The number of halogens is 1. The molecule has 1 aromatic heterocycles. The molecule has 0 radical (unpaired) electrons. The van der Waals surface area contributed by atoms with Gasteiger partial charge < -0.3 is 0 Å². The van der Waals surface area contributed by atoms with Crippen molar-refractivity contribution in [3.8, 4) is 10.4 Å². The molecule has 0 aliphatic carbocycles. The number of rotatable bonds is 3. The van der Waals surface area contributed by atoms with E-state index >= 15 is 0 Å². The highest BCUT2D eigenvalue weighted by Crippen LogP contribution is 2.30. The van der Waals surface area contributed by atoms with Crippen LogP contribution in [0, 0.1) is 5.82 Å². The molecule has 1 aromatic carbocycles. The van der Waals surface area contributed by atoms with Crippen LogP contribution in [0.15, 0.2) is 30.3 Å². The van der Waals surface area contributed by atoms with Crippen molar-refractivity contribution in [3.05, 3.63) is 46.6 Å². The van der Waals surface area contributed by atoms with E-state index in [-0.39, 0.29) is 5.56 Å². The van der Waals surface area contributed by atoms with Crippen LogP contribution in [0.2, 0.25) is 0 Å². The minimum atomic E-state index is -0.548. The molecule has 2 rings (SSSR count). The van der Waals surface area contributed by atoms with E-state index in [9.17, 15) is 14.0 Å². The van der Waals surface area contributed by atoms with E-state index in [4.69, 9.17) is 0 Å². The van der Waals surface area contributed by atoms with E-state index in [0.29, 0.717) is 21.6 Å². The van der Waals surface area contributed by atoms with Gasteiger partial charge in [-0.15, -0.1) is 11.3 Å². The molecule has 0 unspecified atom stereocenters. The second-order valence-electron chi connectivity index (χ2n) is 3.14. The normalized spacial score (nSPS) is 10.1. The SMILES string of the molecule is O=Cc1ccc(-c2cccc(F)c2C=O)s1. The first-order chi connectivity index (χ1) is 7.76. The van der Waals surface area contributed by atoms with Crippen LogP contribution in [0.3, 0.4) is 0 Å². The van der Waals surface area contributed by atoms with Crippen molar-refractivity contribution in [2.24, 2.45) is 0 Å². The molecule has 4 heteroatoms. The van der Waals surface area contributed by atoms with E-state index in [1.807, 2.05) is 0 Å². The maximum Gasteiger partial charge on any atom is 0.160 e. The molecule has 0 spiro atoms. The maximum atomic E-state index is 13.3. The van der Waals surface area contributed by atoms with Crippen molar-refractivity contribution in [1.82, 2.24) is 0 Å². The molecule has 0 aliphatic rings. The molecular weight excluding hydrogens is 227 g/mol. The summed E-state index contributed by atoms with van der Waals surface area (Å²) >= 11 is 1.23. The molecule has 2 aromatic rings. The van der Waals surface area contributed by atoms with Crippen molar-refractivity contribution in [3.63, 3.8) is 0 Å². The van der Waals surface area contributed by atoms with Gasteiger partial charge in [0.15, 0.2) is 12.6 Å². The summed E-state index contributed by atoms with van der Waals surface area (Å²) in [5.74, 6) is -0.548. The van der Waals surface area contributed by atoms with E-state index in [0.717, 1.165) is 6.29 Å². The van der Waals surface area contributed by atoms with Crippen LogP contribution < -0.4 is 0 Å². The molecule has 0 bridgehead atoms. The van der Waals surface area contributed by atoms with Crippen molar-refractivity contribution < 1.29 is 14.0 Å². The Kier molecular flexibility index (Phi) is 2.92. The highest BCUT2D eigenvalue weighted by Gasteiger charge is 2.10. The molecule has 0 amide bonds. The summed E-state index contributed by atoms with van der Waals surface area (Å²) in [5.41, 5.74) is 0.551. The number of hydrogen-bond acceptors (Lipinski definition) is 3. The first kappa shape index (κ1) is 10.7. The Balaban J connectivity index is 2.59. The maximum absolute atomic E-state index is 13.3. The van der Waals surface area contributed by atoms with Gasteiger partial charge in [-0.05, 0) is 18.2 Å². The molecule has 1 heterocycles. The second kappa shape index (κ2) is 4.37. The van der Waals surface area contributed by atoms with Gasteiger partial charge in [0.1, 0.15) is 5.82 Å². The minimum absolute atomic E-state index is 0.0294. The van der Waals surface area contributed by atoms with Crippen molar-refractivity contribution in [1.29, 1.82) is 0 Å². The molecule has 0 fully saturated rings. The summed E-state index contributed by atoms with van der Waals surface area (Å²) in [6.07, 6.45) is 1.22. The van der Waals surface area contributed by atoms with E-state index < -0.39 is 5.82 Å². The Hall–Kier alpha value is -1.81. The molecule has 0 saturated carbocycles. The van der Waals surface area contributed by atoms with Crippen molar-refractivity contribution >= 4 is 23.9 Å². The Morgan fingerprint density at radius 3 is 2.50 bits per heavy atom. The topological polar surface area (TPSA) is 34.1 Å². The third kappa shape index (κ3) is 1.79. The Bertz CT molecular complexity index is 546. The number of carbonyl (C=O) groups is 2. The fraction of sp³-hybridized carbons (Fsp3) is 0. The third-order valence-corrected chi connectivity index (χ3v) is 3.22. The standard InChI is InChI=1S/C12H7FO2S/c13-11-3-1-2-9(10(11)7-15)12-5-4-8(6-14)16-12/h1-7H. The van der Waals surface area contributed by atoms with Gasteiger partial charge in [0, 0.05) is 10.4 Å². The summed E-state index contributed by atoms with van der Waals surface area (Å²) in [6.45, 7) is 0. The predicted molar refractivity (Wildman–Crippen MR) is 60.5 cm³/mol. The van der Waals surface area contributed by atoms with Crippen LogP contribution in [0.25, 0.3) is 10.4 Å². The molecule has 80 valence electrons. The van der Waals surface area contributed by atoms with Gasteiger partial charge in [0.05, 0.1) is 10.4 Å². The van der Waals surface area contributed by atoms with Crippen LogP contribution in [-0.2, 0) is 0 Å². The van der Waals surface area contributed by atoms with Crippen molar-refractivity contribution in [2.75, 3.05) is 0 Å². The van der Waals surface area contributed by atoms with Gasteiger partial charge in [-0.3, -0.25) is 9.59 Å². The zero-order valence-corrected chi connectivity index (χ0v) is 8.96. The smallest absolute Gasteiger partial charge is 0.160 e. The van der Waals surface area contributed by atoms with Crippen LogP contribution in [0.1, 0.15) is 20.0 Å². The highest BCUT2D eigenvalue weighted by atomic mass is 32.1. The zero-order chi connectivity index (χ0) is 11.5. The first-order valence-electron chi connectivity index (χ1n) is 4.55. The van der Waals surface area contributed by atoms with E-state index in [1.165, 1.54) is 23.5 Å². The number of carbonyl (C=O) groups excluding carboxylic acids is 2.